The number of rotatable bonds is 5. The average Bonchev–Trinajstić information content (AvgIpc) is 2.15. The molecule has 2 N–H and O–H groups in total. The first-order valence-electron chi connectivity index (χ1n) is 5.44. The highest BCUT2D eigenvalue weighted by Gasteiger charge is 2.02. The number of nitrogens with zero attached hydrogens (tertiary/aromatic N) is 2. The van der Waals surface area contributed by atoms with Crippen LogP contribution in [0.4, 0.5) is 0 Å². The van der Waals surface area contributed by atoms with E-state index < -0.39 is 0 Å². The van der Waals surface area contributed by atoms with Crippen LogP contribution in [-0.4, -0.2) is 29.5 Å². The Morgan fingerprint density at radius 2 is 2.20 bits per heavy atom. The van der Waals surface area contributed by atoms with Crippen molar-refractivity contribution in [3.05, 3.63) is 29.6 Å². The molecule has 0 aliphatic rings. The van der Waals surface area contributed by atoms with Crippen LogP contribution < -0.4 is 5.73 Å². The lowest BCUT2D eigenvalue weighted by Crippen LogP contribution is -2.26. The van der Waals surface area contributed by atoms with E-state index in [4.69, 9.17) is 5.73 Å². The standard InChI is InChI=1S/C12H21N3/c1-10(13)7-8-15(3)9-12-6-4-5-11(2)14-12/h4-6,10H,7-9,13H2,1-3H3. The number of hydrogen-bond acceptors (Lipinski definition) is 3. The van der Waals surface area contributed by atoms with Gasteiger partial charge in [0.25, 0.3) is 0 Å². The smallest absolute Gasteiger partial charge is 0.0547 e. The van der Waals surface area contributed by atoms with Crippen LogP contribution >= 0.6 is 0 Å². The van der Waals surface area contributed by atoms with Crippen molar-refractivity contribution in [1.82, 2.24) is 9.88 Å². The van der Waals surface area contributed by atoms with Gasteiger partial charge in [0, 0.05) is 18.3 Å². The zero-order valence-corrected chi connectivity index (χ0v) is 9.90. The highest BCUT2D eigenvalue weighted by atomic mass is 15.1. The molecular weight excluding hydrogens is 186 g/mol. The molecule has 1 atom stereocenters. The van der Waals surface area contributed by atoms with Gasteiger partial charge < -0.3 is 10.6 Å². The first kappa shape index (κ1) is 12.1. The van der Waals surface area contributed by atoms with Crippen LogP contribution in [0.5, 0.6) is 0 Å². The van der Waals surface area contributed by atoms with Gasteiger partial charge in [0.1, 0.15) is 0 Å². The summed E-state index contributed by atoms with van der Waals surface area (Å²) in [4.78, 5) is 6.72. The molecule has 1 aromatic rings. The molecular formula is C12H21N3. The first-order chi connectivity index (χ1) is 7.08. The van der Waals surface area contributed by atoms with Gasteiger partial charge >= 0.3 is 0 Å². The van der Waals surface area contributed by atoms with Crippen LogP contribution in [-0.2, 0) is 6.54 Å². The van der Waals surface area contributed by atoms with Crippen molar-refractivity contribution in [3.63, 3.8) is 0 Å². The van der Waals surface area contributed by atoms with E-state index in [1.54, 1.807) is 0 Å². The fraction of sp³-hybridized carbons (Fsp3) is 0.583. The van der Waals surface area contributed by atoms with Gasteiger partial charge in [-0.2, -0.15) is 0 Å². The predicted molar refractivity (Wildman–Crippen MR) is 63.6 cm³/mol. The SMILES string of the molecule is Cc1cccc(CN(C)CCC(C)N)n1. The van der Waals surface area contributed by atoms with Crippen molar-refractivity contribution in [1.29, 1.82) is 0 Å². The molecule has 0 fully saturated rings. The van der Waals surface area contributed by atoms with Gasteiger partial charge in [-0.3, -0.25) is 4.98 Å². The van der Waals surface area contributed by atoms with Crippen molar-refractivity contribution in [2.75, 3.05) is 13.6 Å². The maximum atomic E-state index is 5.72. The topological polar surface area (TPSA) is 42.1 Å². The van der Waals surface area contributed by atoms with E-state index in [0.717, 1.165) is 30.9 Å². The molecule has 0 aliphatic carbocycles. The molecule has 0 saturated heterocycles. The second-order valence-electron chi connectivity index (χ2n) is 4.27. The van der Waals surface area contributed by atoms with Gasteiger partial charge in [-0.05, 0) is 46.0 Å². The lowest BCUT2D eigenvalue weighted by Gasteiger charge is -2.17. The van der Waals surface area contributed by atoms with Gasteiger partial charge in [-0.1, -0.05) is 6.07 Å². The van der Waals surface area contributed by atoms with Gasteiger partial charge in [-0.15, -0.1) is 0 Å². The molecule has 0 spiro atoms. The largest absolute Gasteiger partial charge is 0.328 e. The molecule has 1 aromatic heterocycles. The third kappa shape index (κ3) is 4.91. The second kappa shape index (κ2) is 5.83. The van der Waals surface area contributed by atoms with Crippen LogP contribution in [0.2, 0.25) is 0 Å². The Morgan fingerprint density at radius 1 is 1.47 bits per heavy atom. The van der Waals surface area contributed by atoms with Crippen LogP contribution in [0, 0.1) is 6.92 Å². The number of nitrogens with two attached hydrogens (primary N) is 1. The lowest BCUT2D eigenvalue weighted by molar-refractivity contribution is 0.310. The Bertz CT molecular complexity index is 297. The molecule has 3 nitrogen and oxygen atoms in total. The van der Waals surface area contributed by atoms with E-state index in [1.165, 1.54) is 0 Å². The maximum absolute atomic E-state index is 5.72. The minimum atomic E-state index is 0.276. The Balaban J connectivity index is 2.40. The highest BCUT2D eigenvalue weighted by molar-refractivity contribution is 5.09. The highest BCUT2D eigenvalue weighted by Crippen LogP contribution is 2.02. The third-order valence-corrected chi connectivity index (χ3v) is 2.34. The number of aryl methyl sites for hydroxylation is 1. The summed E-state index contributed by atoms with van der Waals surface area (Å²) in [5.74, 6) is 0. The Morgan fingerprint density at radius 3 is 2.80 bits per heavy atom. The zero-order valence-electron chi connectivity index (χ0n) is 9.90. The predicted octanol–water partition coefficient (Wildman–Crippen LogP) is 1.56. The monoisotopic (exact) mass is 207 g/mol. The number of aromatic nitrogens is 1. The van der Waals surface area contributed by atoms with Gasteiger partial charge in [0.2, 0.25) is 0 Å². The van der Waals surface area contributed by atoms with Crippen LogP contribution in [0.1, 0.15) is 24.7 Å². The Labute approximate surface area is 92.3 Å². The first-order valence-corrected chi connectivity index (χ1v) is 5.44. The second-order valence-corrected chi connectivity index (χ2v) is 4.27. The van der Waals surface area contributed by atoms with Crippen molar-refractivity contribution in [2.24, 2.45) is 5.73 Å². The number of pyridine rings is 1. The van der Waals surface area contributed by atoms with E-state index in [1.807, 2.05) is 19.9 Å². The zero-order chi connectivity index (χ0) is 11.3. The van der Waals surface area contributed by atoms with E-state index in [0.29, 0.717) is 0 Å². The van der Waals surface area contributed by atoms with Crippen LogP contribution in [0.15, 0.2) is 18.2 Å². The molecule has 1 unspecified atom stereocenters. The van der Waals surface area contributed by atoms with Crippen molar-refractivity contribution in [3.8, 4) is 0 Å². The molecule has 1 rings (SSSR count). The molecule has 0 saturated carbocycles. The average molecular weight is 207 g/mol. The summed E-state index contributed by atoms with van der Waals surface area (Å²) in [5, 5.41) is 0. The molecule has 0 aromatic carbocycles. The molecule has 0 amide bonds. The molecule has 0 radical (unpaired) electrons. The molecule has 84 valence electrons. The minimum Gasteiger partial charge on any atom is -0.328 e. The summed E-state index contributed by atoms with van der Waals surface area (Å²) in [5.41, 5.74) is 7.92. The molecule has 0 bridgehead atoms. The van der Waals surface area contributed by atoms with Crippen LogP contribution in [0.25, 0.3) is 0 Å². The van der Waals surface area contributed by atoms with Crippen molar-refractivity contribution < 1.29 is 0 Å². The van der Waals surface area contributed by atoms with Gasteiger partial charge in [-0.25, -0.2) is 0 Å². The molecule has 0 aliphatic heterocycles. The summed E-state index contributed by atoms with van der Waals surface area (Å²) in [6, 6.07) is 6.41. The summed E-state index contributed by atoms with van der Waals surface area (Å²) in [6.45, 7) is 5.98. The van der Waals surface area contributed by atoms with Crippen molar-refractivity contribution >= 4 is 0 Å². The lowest BCUT2D eigenvalue weighted by atomic mass is 10.2. The van der Waals surface area contributed by atoms with E-state index in [9.17, 15) is 0 Å². The summed E-state index contributed by atoms with van der Waals surface area (Å²) in [7, 11) is 2.10. The molecule has 1 heterocycles. The fourth-order valence-corrected chi connectivity index (χ4v) is 1.47. The third-order valence-electron chi connectivity index (χ3n) is 2.34. The van der Waals surface area contributed by atoms with E-state index in [-0.39, 0.29) is 6.04 Å². The molecule has 15 heavy (non-hydrogen) atoms. The minimum absolute atomic E-state index is 0.276. The summed E-state index contributed by atoms with van der Waals surface area (Å²) in [6.07, 6.45) is 1.03. The van der Waals surface area contributed by atoms with E-state index in [2.05, 4.69) is 29.1 Å². The summed E-state index contributed by atoms with van der Waals surface area (Å²) >= 11 is 0. The quantitative estimate of drug-likeness (QED) is 0.796. The van der Waals surface area contributed by atoms with Crippen molar-refractivity contribution in [2.45, 2.75) is 32.9 Å². The summed E-state index contributed by atoms with van der Waals surface area (Å²) < 4.78 is 0. The van der Waals surface area contributed by atoms with Gasteiger partial charge in [0.05, 0.1) is 5.69 Å². The Hall–Kier alpha value is -0.930. The van der Waals surface area contributed by atoms with Crippen LogP contribution in [0.3, 0.4) is 0 Å². The molecule has 3 heteroatoms. The van der Waals surface area contributed by atoms with E-state index >= 15 is 0 Å². The Kier molecular flexibility index (Phi) is 4.72. The maximum Gasteiger partial charge on any atom is 0.0547 e. The fourth-order valence-electron chi connectivity index (χ4n) is 1.47. The van der Waals surface area contributed by atoms with Gasteiger partial charge in [0.15, 0.2) is 0 Å². The number of hydrogen-bond donors (Lipinski definition) is 1. The normalized spacial score (nSPS) is 13.1.